The van der Waals surface area contributed by atoms with Gasteiger partial charge in [0.05, 0.1) is 16.7 Å². The highest BCUT2D eigenvalue weighted by Gasteiger charge is 2.33. The maximum absolute atomic E-state index is 12.6. The summed E-state index contributed by atoms with van der Waals surface area (Å²) in [5.74, 6) is 0.408. The van der Waals surface area contributed by atoms with Crippen LogP contribution in [0.3, 0.4) is 0 Å². The number of nitro benzene ring substituents is 1. The zero-order valence-electron chi connectivity index (χ0n) is 17.5. The number of nitrogen functional groups attached to an aromatic ring is 1. The van der Waals surface area contributed by atoms with Gasteiger partial charge in [-0.05, 0) is 35.2 Å². The zero-order valence-corrected chi connectivity index (χ0v) is 17.5. The van der Waals surface area contributed by atoms with Crippen LogP contribution in [-0.2, 0) is 4.74 Å². The molecule has 11 nitrogen and oxygen atoms in total. The normalized spacial score (nSPS) is 10.7. The number of carbonyl (C=O) groups is 3. The van der Waals surface area contributed by atoms with Crippen molar-refractivity contribution in [3.63, 3.8) is 0 Å². The number of phenolic OH excluding ortho intramolecular Hbond substituents is 1. The summed E-state index contributed by atoms with van der Waals surface area (Å²) in [6.45, 7) is 4.07. The Kier molecular flexibility index (Phi) is 6.54. The molecule has 0 aliphatic heterocycles. The van der Waals surface area contributed by atoms with E-state index >= 15 is 0 Å². The first-order valence-corrected chi connectivity index (χ1v) is 9.61. The van der Waals surface area contributed by atoms with E-state index in [0.717, 1.165) is 17.7 Å². The predicted octanol–water partition coefficient (Wildman–Crippen LogP) is 3.28. The van der Waals surface area contributed by atoms with Gasteiger partial charge in [0.2, 0.25) is 5.76 Å². The highest BCUT2D eigenvalue weighted by Crippen LogP contribution is 2.33. The van der Waals surface area contributed by atoms with Gasteiger partial charge in [0, 0.05) is 5.56 Å². The SMILES string of the molecule is CC(C)c1ccc(-c2ccoc2C(=O)OC(=O)c2ccc(O)c([N+](=O)[O-])c2C(=O)NN)cc1. The molecule has 0 bridgehead atoms. The fourth-order valence-electron chi connectivity index (χ4n) is 3.16. The summed E-state index contributed by atoms with van der Waals surface area (Å²) < 4.78 is 10.0. The van der Waals surface area contributed by atoms with Gasteiger partial charge in [0.15, 0.2) is 5.75 Å². The molecule has 3 aromatic rings. The smallest absolute Gasteiger partial charge is 0.382 e. The number of amides is 1. The second-order valence-corrected chi connectivity index (χ2v) is 7.20. The highest BCUT2D eigenvalue weighted by atomic mass is 16.6. The number of nitro groups is 1. The molecule has 0 radical (unpaired) electrons. The quantitative estimate of drug-likeness (QED) is 0.126. The molecular formula is C22H19N3O8. The van der Waals surface area contributed by atoms with E-state index in [9.17, 15) is 29.6 Å². The maximum atomic E-state index is 12.6. The molecule has 4 N–H and O–H groups in total. The Morgan fingerprint density at radius 3 is 2.33 bits per heavy atom. The van der Waals surface area contributed by atoms with Crippen LogP contribution in [0.15, 0.2) is 53.1 Å². The Balaban J connectivity index is 1.94. The number of nitrogens with two attached hydrogens (primary N) is 1. The minimum absolute atomic E-state index is 0.279. The van der Waals surface area contributed by atoms with Gasteiger partial charge in [-0.2, -0.15) is 0 Å². The number of hydrogen-bond acceptors (Lipinski definition) is 9. The summed E-state index contributed by atoms with van der Waals surface area (Å²) in [4.78, 5) is 47.6. The molecule has 0 unspecified atom stereocenters. The van der Waals surface area contributed by atoms with Crippen LogP contribution in [0.1, 0.15) is 56.6 Å². The third-order valence-corrected chi connectivity index (χ3v) is 4.84. The molecule has 0 fully saturated rings. The number of furan rings is 1. The van der Waals surface area contributed by atoms with Crippen LogP contribution in [0.2, 0.25) is 0 Å². The Morgan fingerprint density at radius 1 is 1.09 bits per heavy atom. The number of benzene rings is 2. The number of hydrazine groups is 1. The van der Waals surface area contributed by atoms with Gasteiger partial charge in [0.25, 0.3) is 5.91 Å². The highest BCUT2D eigenvalue weighted by molar-refractivity contribution is 6.12. The topological polar surface area (TPSA) is 175 Å². The van der Waals surface area contributed by atoms with Crippen LogP contribution < -0.4 is 11.3 Å². The minimum atomic E-state index is -1.38. The van der Waals surface area contributed by atoms with Crippen molar-refractivity contribution >= 4 is 23.5 Å². The van der Waals surface area contributed by atoms with Crippen LogP contribution in [-0.4, -0.2) is 27.9 Å². The van der Waals surface area contributed by atoms with Gasteiger partial charge < -0.3 is 14.3 Å². The molecule has 0 saturated carbocycles. The summed E-state index contributed by atoms with van der Waals surface area (Å²) >= 11 is 0. The number of rotatable bonds is 6. The van der Waals surface area contributed by atoms with Crippen LogP contribution in [0, 0.1) is 10.1 Å². The van der Waals surface area contributed by atoms with E-state index in [2.05, 4.69) is 0 Å². The van der Waals surface area contributed by atoms with E-state index in [-0.39, 0.29) is 5.76 Å². The van der Waals surface area contributed by atoms with Crippen molar-refractivity contribution in [1.82, 2.24) is 5.43 Å². The summed E-state index contributed by atoms with van der Waals surface area (Å²) in [5, 5.41) is 21.1. The molecule has 0 saturated heterocycles. The second-order valence-electron chi connectivity index (χ2n) is 7.20. The van der Waals surface area contributed by atoms with Gasteiger partial charge >= 0.3 is 17.6 Å². The first-order valence-electron chi connectivity index (χ1n) is 9.61. The molecule has 2 aromatic carbocycles. The first kappa shape index (κ1) is 23.2. The van der Waals surface area contributed by atoms with Gasteiger partial charge in [-0.15, -0.1) is 0 Å². The average molecular weight is 453 g/mol. The monoisotopic (exact) mass is 453 g/mol. The number of ether oxygens (including phenoxy) is 1. The molecule has 11 heteroatoms. The fraction of sp³-hybridized carbons (Fsp3) is 0.136. The molecule has 0 aliphatic carbocycles. The van der Waals surface area contributed by atoms with Gasteiger partial charge in [-0.1, -0.05) is 38.1 Å². The molecule has 1 heterocycles. The number of esters is 2. The third kappa shape index (κ3) is 4.57. The van der Waals surface area contributed by atoms with Crippen LogP contribution in [0.5, 0.6) is 5.75 Å². The number of hydrogen-bond donors (Lipinski definition) is 3. The summed E-state index contributed by atoms with van der Waals surface area (Å²) in [5.41, 5.74) is 1.17. The van der Waals surface area contributed by atoms with Crippen molar-refractivity contribution in [2.75, 3.05) is 0 Å². The number of aromatic hydroxyl groups is 1. The number of phenols is 1. The van der Waals surface area contributed by atoms with Crippen LogP contribution in [0.4, 0.5) is 5.69 Å². The molecule has 3 rings (SSSR count). The van der Waals surface area contributed by atoms with Gasteiger partial charge in [0.1, 0.15) is 5.56 Å². The Labute approximate surface area is 186 Å². The lowest BCUT2D eigenvalue weighted by molar-refractivity contribution is -0.386. The Bertz CT molecular complexity index is 1250. The summed E-state index contributed by atoms with van der Waals surface area (Å²) in [6.07, 6.45) is 1.24. The van der Waals surface area contributed by atoms with Gasteiger partial charge in [-0.25, -0.2) is 15.4 Å². The lowest BCUT2D eigenvalue weighted by Crippen LogP contribution is -2.32. The molecule has 170 valence electrons. The van der Waals surface area contributed by atoms with E-state index < -0.39 is 45.3 Å². The van der Waals surface area contributed by atoms with Crippen LogP contribution in [0.25, 0.3) is 11.1 Å². The molecular weight excluding hydrogens is 434 g/mol. The van der Waals surface area contributed by atoms with Crippen molar-refractivity contribution < 1.29 is 33.6 Å². The Morgan fingerprint density at radius 2 is 1.76 bits per heavy atom. The summed E-state index contributed by atoms with van der Waals surface area (Å²) in [7, 11) is 0. The summed E-state index contributed by atoms with van der Waals surface area (Å²) in [6, 6.07) is 10.6. The lowest BCUT2D eigenvalue weighted by atomic mass is 9.99. The minimum Gasteiger partial charge on any atom is -0.502 e. The standard InChI is InChI=1S/C22H19N3O8/c1-11(2)12-3-5-13(6-4-12)14-9-10-32-19(14)22(29)33-21(28)15-7-8-16(26)18(25(30)31)17(15)20(27)24-23/h3-11,26H,23H2,1-2H3,(H,24,27). The fourth-order valence-corrected chi connectivity index (χ4v) is 3.16. The molecule has 0 spiro atoms. The van der Waals surface area contributed by atoms with Crippen molar-refractivity contribution in [2.45, 2.75) is 19.8 Å². The number of nitrogens with one attached hydrogen (secondary N) is 1. The largest absolute Gasteiger partial charge is 0.502 e. The Hall–Kier alpha value is -4.51. The van der Waals surface area contributed by atoms with Gasteiger partial charge in [-0.3, -0.25) is 20.3 Å². The number of nitrogens with zero attached hydrogens (tertiary/aromatic N) is 1. The molecule has 0 atom stereocenters. The molecule has 1 aromatic heterocycles. The van der Waals surface area contributed by atoms with E-state index in [1.54, 1.807) is 17.6 Å². The van der Waals surface area contributed by atoms with E-state index in [0.29, 0.717) is 17.0 Å². The average Bonchev–Trinajstić information content (AvgIpc) is 3.28. The second kappa shape index (κ2) is 9.32. The first-order chi connectivity index (χ1) is 15.6. The van der Waals surface area contributed by atoms with Crippen molar-refractivity contribution in [3.8, 4) is 16.9 Å². The van der Waals surface area contributed by atoms with E-state index in [1.165, 1.54) is 12.3 Å². The van der Waals surface area contributed by atoms with E-state index in [4.69, 9.17) is 15.0 Å². The molecule has 33 heavy (non-hydrogen) atoms. The van der Waals surface area contributed by atoms with E-state index in [1.807, 2.05) is 26.0 Å². The molecule has 1 amide bonds. The van der Waals surface area contributed by atoms with Crippen molar-refractivity contribution in [3.05, 3.63) is 81.3 Å². The predicted molar refractivity (Wildman–Crippen MR) is 114 cm³/mol. The molecule has 0 aliphatic rings. The lowest BCUT2D eigenvalue weighted by Gasteiger charge is -2.10. The van der Waals surface area contributed by atoms with Crippen molar-refractivity contribution in [1.29, 1.82) is 0 Å². The maximum Gasteiger partial charge on any atom is 0.382 e. The van der Waals surface area contributed by atoms with Crippen molar-refractivity contribution in [2.24, 2.45) is 5.84 Å². The zero-order chi connectivity index (χ0) is 24.3. The number of carbonyl (C=O) groups excluding carboxylic acids is 3. The third-order valence-electron chi connectivity index (χ3n) is 4.84. The van der Waals surface area contributed by atoms with Crippen LogP contribution >= 0.6 is 0 Å².